The zero-order valence-electron chi connectivity index (χ0n) is 10.1. The maximum Gasteiger partial charge on any atom is 0.0946 e. The van der Waals surface area contributed by atoms with Crippen molar-refractivity contribution < 1.29 is 0 Å². The topological polar surface area (TPSA) is 29.9 Å². The first kappa shape index (κ1) is 11.6. The Morgan fingerprint density at radius 2 is 1.88 bits per heavy atom. The Labute approximate surface area is 98.3 Å². The lowest BCUT2D eigenvalue weighted by Gasteiger charge is -2.21. The molecule has 2 rings (SSSR count). The third-order valence-electron chi connectivity index (χ3n) is 3.47. The van der Waals surface area contributed by atoms with Crippen LogP contribution in [0, 0.1) is 0 Å². The summed E-state index contributed by atoms with van der Waals surface area (Å²) in [6.45, 7) is 2.11. The quantitative estimate of drug-likeness (QED) is 0.847. The van der Waals surface area contributed by atoms with Gasteiger partial charge in [0.2, 0.25) is 0 Å². The van der Waals surface area contributed by atoms with Gasteiger partial charge in [-0.15, -0.1) is 0 Å². The molecule has 0 radical (unpaired) electrons. The van der Waals surface area contributed by atoms with Gasteiger partial charge < -0.3 is 9.88 Å². The van der Waals surface area contributed by atoms with Crippen molar-refractivity contribution in [2.45, 2.75) is 57.5 Å². The molecule has 0 atom stereocenters. The molecule has 1 saturated carbocycles. The third kappa shape index (κ3) is 3.97. The highest BCUT2D eigenvalue weighted by Crippen LogP contribution is 2.16. The van der Waals surface area contributed by atoms with Gasteiger partial charge in [-0.3, -0.25) is 0 Å². The molecule has 1 aliphatic carbocycles. The Bertz CT molecular complexity index is 261. The fourth-order valence-electron chi connectivity index (χ4n) is 2.48. The van der Waals surface area contributed by atoms with E-state index in [1.54, 1.807) is 0 Å². The fourth-order valence-corrected chi connectivity index (χ4v) is 2.48. The Kier molecular flexibility index (Phi) is 4.87. The molecular weight excluding hydrogens is 198 g/mol. The van der Waals surface area contributed by atoms with Crippen molar-refractivity contribution >= 4 is 0 Å². The first-order chi connectivity index (χ1) is 7.95. The molecule has 0 unspecified atom stereocenters. The van der Waals surface area contributed by atoms with E-state index in [9.17, 15) is 0 Å². The molecule has 0 amide bonds. The zero-order valence-corrected chi connectivity index (χ0v) is 10.1. The van der Waals surface area contributed by atoms with Gasteiger partial charge in [-0.2, -0.15) is 0 Å². The summed E-state index contributed by atoms with van der Waals surface area (Å²) >= 11 is 0. The summed E-state index contributed by atoms with van der Waals surface area (Å²) in [6, 6.07) is 0.754. The molecule has 1 heterocycles. The standard InChI is InChI=1S/C13H23N3/c1-2-4-6-13(7-5-3-1)15-9-11-16-10-8-14-12-16/h8,10,12-13,15H,1-7,9,11H2. The van der Waals surface area contributed by atoms with Gasteiger partial charge in [0.15, 0.2) is 0 Å². The van der Waals surface area contributed by atoms with Gasteiger partial charge in [-0.05, 0) is 12.8 Å². The lowest BCUT2D eigenvalue weighted by molar-refractivity contribution is 0.384. The number of hydrogen-bond donors (Lipinski definition) is 1. The van der Waals surface area contributed by atoms with E-state index < -0.39 is 0 Å². The van der Waals surface area contributed by atoms with Crippen molar-refractivity contribution in [2.75, 3.05) is 6.54 Å². The highest BCUT2D eigenvalue weighted by Gasteiger charge is 2.09. The number of nitrogens with one attached hydrogen (secondary N) is 1. The molecule has 0 aliphatic heterocycles. The lowest BCUT2D eigenvalue weighted by Crippen LogP contribution is -2.32. The van der Waals surface area contributed by atoms with Crippen LogP contribution in [0.3, 0.4) is 0 Å². The lowest BCUT2D eigenvalue weighted by atomic mass is 9.97. The van der Waals surface area contributed by atoms with E-state index >= 15 is 0 Å². The predicted molar refractivity (Wildman–Crippen MR) is 66.3 cm³/mol. The van der Waals surface area contributed by atoms with Crippen LogP contribution in [0.5, 0.6) is 0 Å². The Morgan fingerprint density at radius 3 is 2.56 bits per heavy atom. The van der Waals surface area contributed by atoms with Crippen LogP contribution in [0.1, 0.15) is 44.9 Å². The molecular formula is C13H23N3. The second kappa shape index (κ2) is 6.69. The summed E-state index contributed by atoms with van der Waals surface area (Å²) in [5, 5.41) is 3.68. The van der Waals surface area contributed by atoms with Crippen molar-refractivity contribution in [3.05, 3.63) is 18.7 Å². The van der Waals surface area contributed by atoms with Crippen LogP contribution in [-0.2, 0) is 6.54 Å². The van der Waals surface area contributed by atoms with Gasteiger partial charge in [0, 0.05) is 31.5 Å². The SMILES string of the molecule is c1cn(CCNC2CCCCCCC2)cn1. The van der Waals surface area contributed by atoms with E-state index in [1.165, 1.54) is 44.9 Å². The van der Waals surface area contributed by atoms with Crippen LogP contribution in [0.15, 0.2) is 18.7 Å². The van der Waals surface area contributed by atoms with Gasteiger partial charge in [0.1, 0.15) is 0 Å². The monoisotopic (exact) mass is 221 g/mol. The predicted octanol–water partition coefficient (Wildman–Crippen LogP) is 2.59. The minimum atomic E-state index is 0.754. The highest BCUT2D eigenvalue weighted by molar-refractivity contribution is 4.75. The summed E-state index contributed by atoms with van der Waals surface area (Å²) in [5.41, 5.74) is 0. The van der Waals surface area contributed by atoms with Crippen LogP contribution in [-0.4, -0.2) is 22.1 Å². The van der Waals surface area contributed by atoms with Crippen molar-refractivity contribution in [2.24, 2.45) is 0 Å². The molecule has 16 heavy (non-hydrogen) atoms. The van der Waals surface area contributed by atoms with Gasteiger partial charge >= 0.3 is 0 Å². The molecule has 0 spiro atoms. The molecule has 0 bridgehead atoms. The number of hydrogen-bond acceptors (Lipinski definition) is 2. The van der Waals surface area contributed by atoms with Crippen LogP contribution in [0.2, 0.25) is 0 Å². The van der Waals surface area contributed by atoms with Crippen LogP contribution in [0.4, 0.5) is 0 Å². The van der Waals surface area contributed by atoms with Crippen LogP contribution in [0.25, 0.3) is 0 Å². The molecule has 1 aliphatic rings. The Balaban J connectivity index is 1.64. The summed E-state index contributed by atoms with van der Waals surface area (Å²) in [5.74, 6) is 0. The molecule has 1 aromatic rings. The summed E-state index contributed by atoms with van der Waals surface area (Å²) in [7, 11) is 0. The number of aromatic nitrogens is 2. The van der Waals surface area contributed by atoms with Crippen molar-refractivity contribution in [1.82, 2.24) is 14.9 Å². The number of rotatable bonds is 4. The molecule has 90 valence electrons. The largest absolute Gasteiger partial charge is 0.336 e. The summed E-state index contributed by atoms with van der Waals surface area (Å²) in [4.78, 5) is 4.05. The van der Waals surface area contributed by atoms with E-state index in [4.69, 9.17) is 0 Å². The molecule has 3 nitrogen and oxygen atoms in total. The van der Waals surface area contributed by atoms with E-state index in [-0.39, 0.29) is 0 Å². The third-order valence-corrected chi connectivity index (χ3v) is 3.47. The number of nitrogens with zero attached hydrogens (tertiary/aromatic N) is 2. The molecule has 0 saturated heterocycles. The van der Waals surface area contributed by atoms with Gasteiger partial charge in [0.05, 0.1) is 6.33 Å². The van der Waals surface area contributed by atoms with Crippen molar-refractivity contribution in [3.8, 4) is 0 Å². The van der Waals surface area contributed by atoms with Gasteiger partial charge in [-0.25, -0.2) is 4.98 Å². The Morgan fingerprint density at radius 1 is 1.12 bits per heavy atom. The van der Waals surface area contributed by atoms with Crippen molar-refractivity contribution in [3.63, 3.8) is 0 Å². The summed E-state index contributed by atoms with van der Waals surface area (Å²) in [6.07, 6.45) is 15.6. The average Bonchev–Trinajstić information content (AvgIpc) is 2.73. The zero-order chi connectivity index (χ0) is 11.1. The van der Waals surface area contributed by atoms with E-state index in [0.29, 0.717) is 0 Å². The molecule has 1 fully saturated rings. The first-order valence-corrected chi connectivity index (χ1v) is 6.64. The highest BCUT2D eigenvalue weighted by atomic mass is 15.0. The van der Waals surface area contributed by atoms with E-state index in [1.807, 2.05) is 18.7 Å². The maximum atomic E-state index is 4.05. The van der Waals surface area contributed by atoms with Crippen LogP contribution >= 0.6 is 0 Å². The minimum absolute atomic E-state index is 0.754. The van der Waals surface area contributed by atoms with Gasteiger partial charge in [-0.1, -0.05) is 32.1 Å². The minimum Gasteiger partial charge on any atom is -0.336 e. The first-order valence-electron chi connectivity index (χ1n) is 6.64. The van der Waals surface area contributed by atoms with Gasteiger partial charge in [0.25, 0.3) is 0 Å². The second-order valence-corrected chi connectivity index (χ2v) is 4.80. The van der Waals surface area contributed by atoms with E-state index in [0.717, 1.165) is 19.1 Å². The van der Waals surface area contributed by atoms with Crippen LogP contribution < -0.4 is 5.32 Å². The van der Waals surface area contributed by atoms with E-state index in [2.05, 4.69) is 14.9 Å². The second-order valence-electron chi connectivity index (χ2n) is 4.80. The average molecular weight is 221 g/mol. The number of imidazole rings is 1. The normalized spacial score (nSPS) is 19.2. The molecule has 1 aromatic heterocycles. The molecule has 3 heteroatoms. The molecule has 1 N–H and O–H groups in total. The maximum absolute atomic E-state index is 4.05. The fraction of sp³-hybridized carbons (Fsp3) is 0.769. The molecule has 0 aromatic carbocycles. The van der Waals surface area contributed by atoms with Crippen molar-refractivity contribution in [1.29, 1.82) is 0 Å². The Hall–Kier alpha value is -0.830. The smallest absolute Gasteiger partial charge is 0.0946 e. The summed E-state index contributed by atoms with van der Waals surface area (Å²) < 4.78 is 2.13.